The summed E-state index contributed by atoms with van der Waals surface area (Å²) in [5.74, 6) is 0.618. The van der Waals surface area contributed by atoms with Crippen molar-refractivity contribution in [2.45, 2.75) is 50.9 Å². The van der Waals surface area contributed by atoms with Gasteiger partial charge in [0.15, 0.2) is 0 Å². The van der Waals surface area contributed by atoms with Crippen molar-refractivity contribution < 1.29 is 4.79 Å². The molecule has 1 aromatic heterocycles. The Balaban J connectivity index is 1.26. The highest BCUT2D eigenvalue weighted by molar-refractivity contribution is 7.18. The monoisotopic (exact) mass is 383 g/mol. The van der Waals surface area contributed by atoms with Gasteiger partial charge in [-0.25, -0.2) is 4.98 Å². The van der Waals surface area contributed by atoms with E-state index in [-0.39, 0.29) is 5.91 Å². The molecular formula is C22H29N3OS. The number of likely N-dealkylation sites (tertiary alicyclic amines) is 1. The third-order valence-electron chi connectivity index (χ3n) is 5.69. The van der Waals surface area contributed by atoms with Gasteiger partial charge in [0.2, 0.25) is 5.91 Å². The SMILES string of the molecule is O=C(CN1CCC[C@H](c2nc3ccccc3s2)C1)NCCC1=CCCCC1. The van der Waals surface area contributed by atoms with Crippen molar-refractivity contribution in [2.24, 2.45) is 0 Å². The Morgan fingerprint density at radius 3 is 3.04 bits per heavy atom. The van der Waals surface area contributed by atoms with Gasteiger partial charge in [-0.1, -0.05) is 23.8 Å². The zero-order valence-corrected chi connectivity index (χ0v) is 16.8. The van der Waals surface area contributed by atoms with Gasteiger partial charge in [-0.2, -0.15) is 0 Å². The van der Waals surface area contributed by atoms with Crippen molar-refractivity contribution in [3.63, 3.8) is 0 Å². The molecule has 0 bridgehead atoms. The van der Waals surface area contributed by atoms with Crippen LogP contribution in [0.1, 0.15) is 55.9 Å². The van der Waals surface area contributed by atoms with Crippen molar-refractivity contribution in [3.8, 4) is 0 Å². The number of fused-ring (bicyclic) bond motifs is 1. The first kappa shape index (κ1) is 18.6. The van der Waals surface area contributed by atoms with E-state index < -0.39 is 0 Å². The molecule has 1 fully saturated rings. The first-order valence-electron chi connectivity index (χ1n) is 10.3. The quantitative estimate of drug-likeness (QED) is 0.748. The van der Waals surface area contributed by atoms with E-state index in [1.54, 1.807) is 0 Å². The topological polar surface area (TPSA) is 45.2 Å². The fraction of sp³-hybridized carbons (Fsp3) is 0.545. The number of hydrogen-bond donors (Lipinski definition) is 1. The smallest absolute Gasteiger partial charge is 0.234 e. The second-order valence-electron chi connectivity index (χ2n) is 7.80. The third kappa shape index (κ3) is 4.96. The Bertz CT molecular complexity index is 780. The molecule has 144 valence electrons. The van der Waals surface area contributed by atoms with Gasteiger partial charge in [0.1, 0.15) is 0 Å². The van der Waals surface area contributed by atoms with Gasteiger partial charge < -0.3 is 5.32 Å². The molecule has 0 spiro atoms. The summed E-state index contributed by atoms with van der Waals surface area (Å²) in [6, 6.07) is 8.36. The van der Waals surface area contributed by atoms with Crippen molar-refractivity contribution in [1.29, 1.82) is 0 Å². The number of allylic oxidation sites excluding steroid dienone is 1. The van der Waals surface area contributed by atoms with Gasteiger partial charge in [-0.3, -0.25) is 9.69 Å². The normalized spacial score (nSPS) is 21.2. The van der Waals surface area contributed by atoms with Crippen molar-refractivity contribution in [1.82, 2.24) is 15.2 Å². The third-order valence-corrected chi connectivity index (χ3v) is 6.88. The molecule has 0 unspecified atom stereocenters. The Morgan fingerprint density at radius 1 is 1.26 bits per heavy atom. The molecule has 1 aromatic carbocycles. The highest BCUT2D eigenvalue weighted by Gasteiger charge is 2.25. The van der Waals surface area contributed by atoms with Crippen LogP contribution in [0.2, 0.25) is 0 Å². The van der Waals surface area contributed by atoms with Crippen LogP contribution < -0.4 is 5.32 Å². The summed E-state index contributed by atoms with van der Waals surface area (Å²) in [6.07, 6.45) is 10.7. The van der Waals surface area contributed by atoms with E-state index in [1.807, 2.05) is 17.4 Å². The van der Waals surface area contributed by atoms with E-state index in [0.717, 1.165) is 38.0 Å². The summed E-state index contributed by atoms with van der Waals surface area (Å²) in [5, 5.41) is 4.35. The molecule has 2 aromatic rings. The minimum atomic E-state index is 0.163. The van der Waals surface area contributed by atoms with Crippen LogP contribution in [0.15, 0.2) is 35.9 Å². The van der Waals surface area contributed by atoms with Crippen LogP contribution in [0.4, 0.5) is 0 Å². The molecule has 1 atom stereocenters. The number of benzene rings is 1. The average molecular weight is 384 g/mol. The van der Waals surface area contributed by atoms with Crippen LogP contribution in [-0.4, -0.2) is 42.0 Å². The number of carbonyl (C=O) groups excluding carboxylic acids is 1. The molecule has 1 aliphatic heterocycles. The van der Waals surface area contributed by atoms with Gasteiger partial charge in [-0.15, -0.1) is 11.3 Å². The van der Waals surface area contributed by atoms with Gasteiger partial charge in [0, 0.05) is 19.0 Å². The van der Waals surface area contributed by atoms with E-state index in [4.69, 9.17) is 4.98 Å². The molecule has 1 N–H and O–H groups in total. The summed E-state index contributed by atoms with van der Waals surface area (Å²) in [4.78, 5) is 19.5. The number of carbonyl (C=O) groups is 1. The highest BCUT2D eigenvalue weighted by Crippen LogP contribution is 2.32. The molecule has 0 saturated carbocycles. The molecule has 27 heavy (non-hydrogen) atoms. The first-order valence-corrected chi connectivity index (χ1v) is 11.1. The molecule has 5 heteroatoms. The van der Waals surface area contributed by atoms with Crippen LogP contribution in [0.3, 0.4) is 0 Å². The van der Waals surface area contributed by atoms with Crippen LogP contribution in [0.5, 0.6) is 0 Å². The Labute approximate surface area is 165 Å². The fourth-order valence-corrected chi connectivity index (χ4v) is 5.31. The molecule has 2 aliphatic rings. The Kier molecular flexibility index (Phi) is 6.20. The van der Waals surface area contributed by atoms with Crippen molar-refractivity contribution in [3.05, 3.63) is 40.9 Å². The summed E-state index contributed by atoms with van der Waals surface area (Å²) in [7, 11) is 0. The predicted octanol–water partition coefficient (Wildman–Crippen LogP) is 4.48. The average Bonchev–Trinajstić information content (AvgIpc) is 3.13. The summed E-state index contributed by atoms with van der Waals surface area (Å²) in [6.45, 7) is 3.25. The van der Waals surface area contributed by atoms with Crippen LogP contribution in [0.25, 0.3) is 10.2 Å². The largest absolute Gasteiger partial charge is 0.355 e. The van der Waals surface area contributed by atoms with E-state index in [9.17, 15) is 4.79 Å². The van der Waals surface area contributed by atoms with Crippen LogP contribution >= 0.6 is 11.3 Å². The maximum Gasteiger partial charge on any atom is 0.234 e. The van der Waals surface area contributed by atoms with Crippen LogP contribution in [0, 0.1) is 0 Å². The van der Waals surface area contributed by atoms with E-state index in [1.165, 1.54) is 47.4 Å². The zero-order chi connectivity index (χ0) is 18.5. The minimum Gasteiger partial charge on any atom is -0.355 e. The lowest BCUT2D eigenvalue weighted by atomic mass is 9.97. The number of nitrogens with one attached hydrogen (secondary N) is 1. The molecule has 4 nitrogen and oxygen atoms in total. The summed E-state index contributed by atoms with van der Waals surface area (Å²) < 4.78 is 1.26. The minimum absolute atomic E-state index is 0.163. The predicted molar refractivity (Wildman–Crippen MR) is 112 cm³/mol. The van der Waals surface area contributed by atoms with Crippen molar-refractivity contribution in [2.75, 3.05) is 26.2 Å². The van der Waals surface area contributed by atoms with Crippen molar-refractivity contribution >= 4 is 27.5 Å². The van der Waals surface area contributed by atoms with Crippen LogP contribution in [-0.2, 0) is 4.79 Å². The number of thiazole rings is 1. The maximum absolute atomic E-state index is 12.4. The number of amides is 1. The summed E-state index contributed by atoms with van der Waals surface area (Å²) >= 11 is 1.81. The lowest BCUT2D eigenvalue weighted by molar-refractivity contribution is -0.122. The molecule has 0 radical (unpaired) electrons. The Hall–Kier alpha value is -1.72. The van der Waals surface area contributed by atoms with Gasteiger partial charge in [0.05, 0.1) is 21.8 Å². The number of para-hydroxylation sites is 1. The number of piperidine rings is 1. The maximum atomic E-state index is 12.4. The second kappa shape index (κ2) is 8.98. The molecular weight excluding hydrogens is 354 g/mol. The molecule has 4 rings (SSSR count). The standard InChI is InChI=1S/C22H29N3OS/c26-21(23-13-12-17-7-2-1-3-8-17)16-25-14-6-9-18(15-25)22-24-19-10-4-5-11-20(19)27-22/h4-5,7,10-11,18H,1-3,6,8-9,12-16H2,(H,23,26)/t18-/m0/s1. The fourth-order valence-electron chi connectivity index (χ4n) is 4.22. The number of aromatic nitrogens is 1. The lowest BCUT2D eigenvalue weighted by Crippen LogP contribution is -2.42. The van der Waals surface area contributed by atoms with E-state index in [0.29, 0.717) is 12.5 Å². The number of nitrogens with zero attached hydrogens (tertiary/aromatic N) is 2. The number of hydrogen-bond acceptors (Lipinski definition) is 4. The Morgan fingerprint density at radius 2 is 2.19 bits per heavy atom. The lowest BCUT2D eigenvalue weighted by Gasteiger charge is -2.31. The highest BCUT2D eigenvalue weighted by atomic mass is 32.1. The summed E-state index contributed by atoms with van der Waals surface area (Å²) in [5.41, 5.74) is 2.62. The molecule has 1 aliphatic carbocycles. The first-order chi connectivity index (χ1) is 13.3. The van der Waals surface area contributed by atoms with Gasteiger partial charge >= 0.3 is 0 Å². The second-order valence-corrected chi connectivity index (χ2v) is 8.86. The van der Waals surface area contributed by atoms with Gasteiger partial charge in [-0.05, 0) is 63.6 Å². The molecule has 2 heterocycles. The molecule has 1 saturated heterocycles. The molecule has 1 amide bonds. The zero-order valence-electron chi connectivity index (χ0n) is 16.0. The van der Waals surface area contributed by atoms with E-state index >= 15 is 0 Å². The van der Waals surface area contributed by atoms with E-state index in [2.05, 4.69) is 34.5 Å². The van der Waals surface area contributed by atoms with Gasteiger partial charge in [0.25, 0.3) is 0 Å². The number of rotatable bonds is 6.